The second-order valence-electron chi connectivity index (χ2n) is 3.34. The fourth-order valence-electron chi connectivity index (χ4n) is 1.23. The molecule has 0 unspecified atom stereocenters. The summed E-state index contributed by atoms with van der Waals surface area (Å²) in [5, 5.41) is 3.37. The molecule has 0 fully saturated rings. The van der Waals surface area contributed by atoms with Gasteiger partial charge < -0.3 is 5.73 Å². The summed E-state index contributed by atoms with van der Waals surface area (Å²) in [5.74, 6) is 0.292. The summed E-state index contributed by atoms with van der Waals surface area (Å²) in [6, 6.07) is 4.72. The molecule has 1 heterocycles. The summed E-state index contributed by atoms with van der Waals surface area (Å²) in [6.07, 6.45) is 0. The van der Waals surface area contributed by atoms with E-state index in [2.05, 4.69) is 14.7 Å². The number of benzene rings is 1. The molecule has 0 bridgehead atoms. The molecule has 5 nitrogen and oxygen atoms in total. The van der Waals surface area contributed by atoms with Gasteiger partial charge in [-0.2, -0.15) is 4.37 Å². The molecule has 0 saturated carbocycles. The Bertz CT molecular complexity index is 569. The lowest BCUT2D eigenvalue weighted by Gasteiger charge is -2.04. The molecule has 1 aromatic heterocycles. The zero-order valence-corrected chi connectivity index (χ0v) is 10.5. The molecule has 0 aliphatic carbocycles. The first-order valence-electron chi connectivity index (χ1n) is 4.73. The topological polar surface area (TPSA) is 80.9 Å². The first kappa shape index (κ1) is 11.8. The Morgan fingerprint density at radius 2 is 2.29 bits per heavy atom. The lowest BCUT2D eigenvalue weighted by molar-refractivity contribution is 0.102. The van der Waals surface area contributed by atoms with Crippen molar-refractivity contribution >= 4 is 39.9 Å². The first-order chi connectivity index (χ1) is 8.06. The van der Waals surface area contributed by atoms with E-state index < -0.39 is 0 Å². The normalized spacial score (nSPS) is 10.2. The summed E-state index contributed by atoms with van der Waals surface area (Å²) < 4.78 is 3.96. The van der Waals surface area contributed by atoms with Crippen molar-refractivity contribution in [3.8, 4) is 0 Å². The zero-order valence-electron chi connectivity index (χ0n) is 8.90. The number of amides is 1. The Morgan fingerprint density at radius 1 is 1.53 bits per heavy atom. The van der Waals surface area contributed by atoms with E-state index in [0.717, 1.165) is 11.5 Å². The average Bonchev–Trinajstić information content (AvgIpc) is 2.63. The van der Waals surface area contributed by atoms with Gasteiger partial charge in [-0.1, -0.05) is 11.6 Å². The van der Waals surface area contributed by atoms with Crippen LogP contribution in [0.3, 0.4) is 0 Å². The summed E-state index contributed by atoms with van der Waals surface area (Å²) in [7, 11) is 0. The minimum Gasteiger partial charge on any atom is -0.399 e. The molecule has 1 aromatic carbocycles. The van der Waals surface area contributed by atoms with Crippen LogP contribution in [0, 0.1) is 6.92 Å². The minimum atomic E-state index is -0.328. The predicted molar refractivity (Wildman–Crippen MR) is 68.5 cm³/mol. The number of carbonyl (C=O) groups is 1. The van der Waals surface area contributed by atoms with Crippen LogP contribution in [-0.4, -0.2) is 15.3 Å². The highest BCUT2D eigenvalue weighted by molar-refractivity contribution is 7.09. The molecular formula is C10H9ClN4OS. The van der Waals surface area contributed by atoms with Gasteiger partial charge in [-0.25, -0.2) is 4.98 Å². The van der Waals surface area contributed by atoms with Crippen LogP contribution in [0.5, 0.6) is 0 Å². The average molecular weight is 269 g/mol. The van der Waals surface area contributed by atoms with E-state index in [4.69, 9.17) is 17.3 Å². The van der Waals surface area contributed by atoms with E-state index in [1.54, 1.807) is 19.1 Å². The van der Waals surface area contributed by atoms with E-state index >= 15 is 0 Å². The van der Waals surface area contributed by atoms with E-state index in [0.29, 0.717) is 27.2 Å². The number of carbonyl (C=O) groups excluding carboxylic acids is 1. The fraction of sp³-hybridized carbons (Fsp3) is 0.100. The Kier molecular flexibility index (Phi) is 3.26. The van der Waals surface area contributed by atoms with Crippen LogP contribution in [0.15, 0.2) is 18.2 Å². The lowest BCUT2D eigenvalue weighted by Crippen LogP contribution is -2.12. The number of hydrogen-bond donors (Lipinski definition) is 2. The highest BCUT2D eigenvalue weighted by Gasteiger charge is 2.12. The highest BCUT2D eigenvalue weighted by atomic mass is 35.5. The summed E-state index contributed by atoms with van der Waals surface area (Å²) in [4.78, 5) is 15.9. The number of anilines is 2. The van der Waals surface area contributed by atoms with Crippen LogP contribution in [-0.2, 0) is 0 Å². The number of hydrogen-bond acceptors (Lipinski definition) is 5. The number of nitrogens with two attached hydrogens (primary N) is 1. The molecular weight excluding hydrogens is 260 g/mol. The van der Waals surface area contributed by atoms with Crippen molar-refractivity contribution in [1.82, 2.24) is 9.36 Å². The van der Waals surface area contributed by atoms with Crippen LogP contribution < -0.4 is 11.1 Å². The number of aryl methyl sites for hydroxylation is 1. The molecule has 0 aliphatic heterocycles. The molecule has 0 atom stereocenters. The standard InChI is InChI=1S/C10H9ClN4OS/c1-5-13-10(17-15-5)14-9(16)7-3-2-6(12)4-8(7)11/h2-4H,12H2,1H3,(H,13,14,15,16). The molecule has 1 amide bonds. The van der Waals surface area contributed by atoms with Gasteiger partial charge in [0.2, 0.25) is 5.13 Å². The van der Waals surface area contributed by atoms with Gasteiger partial charge in [0, 0.05) is 17.2 Å². The largest absolute Gasteiger partial charge is 0.399 e. The predicted octanol–water partition coefficient (Wildman–Crippen LogP) is 2.33. The third-order valence-electron chi connectivity index (χ3n) is 1.99. The molecule has 0 radical (unpaired) electrons. The molecule has 0 saturated heterocycles. The van der Waals surface area contributed by atoms with Crippen LogP contribution in [0.25, 0.3) is 0 Å². The summed E-state index contributed by atoms with van der Waals surface area (Å²) >= 11 is 7.04. The Labute approximate surface area is 107 Å². The quantitative estimate of drug-likeness (QED) is 0.819. The number of nitrogens with zero attached hydrogens (tertiary/aromatic N) is 2. The van der Waals surface area contributed by atoms with Gasteiger partial charge in [0.15, 0.2) is 0 Å². The molecule has 0 aliphatic rings. The van der Waals surface area contributed by atoms with Gasteiger partial charge in [-0.3, -0.25) is 10.1 Å². The van der Waals surface area contributed by atoms with Crippen molar-refractivity contribution in [1.29, 1.82) is 0 Å². The van der Waals surface area contributed by atoms with Crippen molar-refractivity contribution in [2.45, 2.75) is 6.92 Å². The molecule has 2 rings (SSSR count). The number of aromatic nitrogens is 2. The molecule has 88 valence electrons. The minimum absolute atomic E-state index is 0.309. The molecule has 17 heavy (non-hydrogen) atoms. The van der Waals surface area contributed by atoms with Crippen LogP contribution >= 0.6 is 23.1 Å². The van der Waals surface area contributed by atoms with Crippen molar-refractivity contribution in [3.63, 3.8) is 0 Å². The number of nitrogen functional groups attached to an aromatic ring is 1. The maximum Gasteiger partial charge on any atom is 0.258 e. The van der Waals surface area contributed by atoms with Crippen LogP contribution in [0.1, 0.15) is 16.2 Å². The van der Waals surface area contributed by atoms with Crippen molar-refractivity contribution in [2.24, 2.45) is 0 Å². The third-order valence-corrected chi connectivity index (χ3v) is 3.02. The van der Waals surface area contributed by atoms with Gasteiger partial charge >= 0.3 is 0 Å². The van der Waals surface area contributed by atoms with Gasteiger partial charge in [-0.15, -0.1) is 0 Å². The Hall–Kier alpha value is -1.66. The third kappa shape index (κ3) is 2.72. The Morgan fingerprint density at radius 3 is 2.88 bits per heavy atom. The summed E-state index contributed by atoms with van der Waals surface area (Å²) in [6.45, 7) is 1.75. The molecule has 0 spiro atoms. The van der Waals surface area contributed by atoms with Gasteiger partial charge in [0.05, 0.1) is 10.6 Å². The van der Waals surface area contributed by atoms with Crippen LogP contribution in [0.2, 0.25) is 5.02 Å². The molecule has 2 aromatic rings. The molecule has 7 heteroatoms. The van der Waals surface area contributed by atoms with E-state index in [-0.39, 0.29) is 5.91 Å². The maximum absolute atomic E-state index is 11.9. The number of halogens is 1. The number of rotatable bonds is 2. The monoisotopic (exact) mass is 268 g/mol. The zero-order chi connectivity index (χ0) is 12.4. The maximum atomic E-state index is 11.9. The van der Waals surface area contributed by atoms with Gasteiger partial charge in [0.1, 0.15) is 5.82 Å². The van der Waals surface area contributed by atoms with E-state index in [1.165, 1.54) is 6.07 Å². The van der Waals surface area contributed by atoms with Crippen LogP contribution in [0.4, 0.5) is 10.8 Å². The smallest absolute Gasteiger partial charge is 0.258 e. The number of nitrogens with one attached hydrogen (secondary N) is 1. The molecule has 3 N–H and O–H groups in total. The van der Waals surface area contributed by atoms with Crippen molar-refractivity contribution < 1.29 is 4.79 Å². The second kappa shape index (κ2) is 4.68. The van der Waals surface area contributed by atoms with Gasteiger partial charge in [0.25, 0.3) is 5.91 Å². The van der Waals surface area contributed by atoms with E-state index in [1.807, 2.05) is 0 Å². The fourth-order valence-corrected chi connectivity index (χ4v) is 2.07. The Balaban J connectivity index is 2.20. The summed E-state index contributed by atoms with van der Waals surface area (Å²) in [5.41, 5.74) is 6.41. The lowest BCUT2D eigenvalue weighted by atomic mass is 10.2. The van der Waals surface area contributed by atoms with E-state index in [9.17, 15) is 4.79 Å². The second-order valence-corrected chi connectivity index (χ2v) is 4.50. The SMILES string of the molecule is Cc1nsc(NC(=O)c2ccc(N)cc2Cl)n1. The van der Waals surface area contributed by atoms with Crippen molar-refractivity contribution in [2.75, 3.05) is 11.1 Å². The van der Waals surface area contributed by atoms with Crippen molar-refractivity contribution in [3.05, 3.63) is 34.6 Å². The highest BCUT2D eigenvalue weighted by Crippen LogP contribution is 2.21. The van der Waals surface area contributed by atoms with Gasteiger partial charge in [-0.05, 0) is 25.1 Å². The first-order valence-corrected chi connectivity index (χ1v) is 5.88.